The van der Waals surface area contributed by atoms with Crippen molar-refractivity contribution in [1.82, 2.24) is 9.55 Å². The standard InChI is InChI=1S/C16H21N3O2/c1-14-3-5-15(6-4-14)19(11-7-16(20)21)10-2-9-18-12-8-17-13-18/h3-6,8,12-13H,2,7,9-11H2,1H3,(H,20,21). The number of carboxylic acid groups (broad SMARTS) is 1. The van der Waals surface area contributed by atoms with Crippen LogP contribution in [0.5, 0.6) is 0 Å². The molecule has 0 aliphatic heterocycles. The molecule has 0 unspecified atom stereocenters. The van der Waals surface area contributed by atoms with Gasteiger partial charge in [-0.2, -0.15) is 0 Å². The van der Waals surface area contributed by atoms with E-state index in [4.69, 9.17) is 5.11 Å². The highest BCUT2D eigenvalue weighted by atomic mass is 16.4. The van der Waals surface area contributed by atoms with Gasteiger partial charge in [0.15, 0.2) is 0 Å². The first-order valence-electron chi connectivity index (χ1n) is 7.14. The summed E-state index contributed by atoms with van der Waals surface area (Å²) < 4.78 is 2.03. The van der Waals surface area contributed by atoms with Crippen molar-refractivity contribution < 1.29 is 9.90 Å². The molecule has 1 aromatic heterocycles. The monoisotopic (exact) mass is 287 g/mol. The third-order valence-electron chi connectivity index (χ3n) is 3.40. The number of aliphatic carboxylic acids is 1. The molecule has 21 heavy (non-hydrogen) atoms. The minimum Gasteiger partial charge on any atom is -0.481 e. The van der Waals surface area contributed by atoms with Gasteiger partial charge in [0.05, 0.1) is 12.7 Å². The summed E-state index contributed by atoms with van der Waals surface area (Å²) in [5.74, 6) is -0.762. The predicted octanol–water partition coefficient (Wildman–Crippen LogP) is 2.56. The summed E-state index contributed by atoms with van der Waals surface area (Å²) in [4.78, 5) is 17.0. The number of imidazole rings is 1. The summed E-state index contributed by atoms with van der Waals surface area (Å²) in [6.45, 7) is 4.29. The highest BCUT2D eigenvalue weighted by molar-refractivity contribution is 5.67. The van der Waals surface area contributed by atoms with Crippen molar-refractivity contribution in [2.24, 2.45) is 0 Å². The van der Waals surface area contributed by atoms with Crippen molar-refractivity contribution in [3.63, 3.8) is 0 Å². The maximum atomic E-state index is 10.8. The van der Waals surface area contributed by atoms with Gasteiger partial charge in [-0.3, -0.25) is 4.79 Å². The number of hydrogen-bond donors (Lipinski definition) is 1. The molecule has 0 aliphatic rings. The average Bonchev–Trinajstić information content (AvgIpc) is 2.97. The van der Waals surface area contributed by atoms with Crippen LogP contribution in [0.25, 0.3) is 0 Å². The van der Waals surface area contributed by atoms with Crippen molar-refractivity contribution in [2.45, 2.75) is 26.3 Å². The number of benzene rings is 1. The molecular weight excluding hydrogens is 266 g/mol. The minimum absolute atomic E-state index is 0.152. The Morgan fingerprint density at radius 1 is 1.29 bits per heavy atom. The molecule has 112 valence electrons. The summed E-state index contributed by atoms with van der Waals surface area (Å²) in [6.07, 6.45) is 6.60. The molecule has 1 heterocycles. The molecule has 0 atom stereocenters. The van der Waals surface area contributed by atoms with Gasteiger partial charge in [0.1, 0.15) is 0 Å². The second-order valence-electron chi connectivity index (χ2n) is 5.12. The third-order valence-corrected chi connectivity index (χ3v) is 3.40. The van der Waals surface area contributed by atoms with Gasteiger partial charge >= 0.3 is 5.97 Å². The molecule has 0 radical (unpaired) electrons. The molecule has 5 nitrogen and oxygen atoms in total. The van der Waals surface area contributed by atoms with Crippen molar-refractivity contribution in [1.29, 1.82) is 0 Å². The first kappa shape index (κ1) is 15.1. The van der Waals surface area contributed by atoms with Crippen molar-refractivity contribution in [2.75, 3.05) is 18.0 Å². The quantitative estimate of drug-likeness (QED) is 0.810. The Kier molecular flexibility index (Phi) is 5.37. The van der Waals surface area contributed by atoms with Crippen LogP contribution in [0.3, 0.4) is 0 Å². The normalized spacial score (nSPS) is 10.5. The van der Waals surface area contributed by atoms with Crippen LogP contribution in [0, 0.1) is 6.92 Å². The van der Waals surface area contributed by atoms with E-state index in [0.29, 0.717) is 6.54 Å². The Labute approximate surface area is 124 Å². The van der Waals surface area contributed by atoms with Crippen LogP contribution in [-0.4, -0.2) is 33.7 Å². The fourth-order valence-electron chi connectivity index (χ4n) is 2.22. The van der Waals surface area contributed by atoms with E-state index < -0.39 is 5.97 Å². The highest BCUT2D eigenvalue weighted by Gasteiger charge is 2.08. The fraction of sp³-hybridized carbons (Fsp3) is 0.375. The lowest BCUT2D eigenvalue weighted by atomic mass is 10.2. The first-order valence-corrected chi connectivity index (χ1v) is 7.14. The Bertz CT molecular complexity index is 549. The molecule has 0 saturated heterocycles. The van der Waals surface area contributed by atoms with Gasteiger partial charge in [-0.15, -0.1) is 0 Å². The Morgan fingerprint density at radius 3 is 2.67 bits per heavy atom. The molecular formula is C16H21N3O2. The Balaban J connectivity index is 1.94. The predicted molar refractivity (Wildman–Crippen MR) is 82.5 cm³/mol. The van der Waals surface area contributed by atoms with Gasteiger partial charge in [0, 0.05) is 37.7 Å². The topological polar surface area (TPSA) is 58.4 Å². The summed E-state index contributed by atoms with van der Waals surface area (Å²) in [6, 6.07) is 8.21. The van der Waals surface area contributed by atoms with Crippen molar-refractivity contribution >= 4 is 11.7 Å². The summed E-state index contributed by atoms with van der Waals surface area (Å²) in [5.41, 5.74) is 2.28. The Morgan fingerprint density at radius 2 is 2.05 bits per heavy atom. The highest BCUT2D eigenvalue weighted by Crippen LogP contribution is 2.16. The summed E-state index contributed by atoms with van der Waals surface area (Å²) >= 11 is 0. The van der Waals surface area contributed by atoms with E-state index in [1.165, 1.54) is 5.56 Å². The molecule has 1 N–H and O–H groups in total. The minimum atomic E-state index is -0.762. The van der Waals surface area contributed by atoms with Gasteiger partial charge in [0.25, 0.3) is 0 Å². The second kappa shape index (κ2) is 7.47. The molecule has 0 bridgehead atoms. The van der Waals surface area contributed by atoms with Crippen LogP contribution < -0.4 is 4.90 Å². The number of aromatic nitrogens is 2. The van der Waals surface area contributed by atoms with E-state index >= 15 is 0 Å². The molecule has 0 saturated carbocycles. The van der Waals surface area contributed by atoms with E-state index in [1.54, 1.807) is 12.5 Å². The van der Waals surface area contributed by atoms with E-state index in [2.05, 4.69) is 22.0 Å². The van der Waals surface area contributed by atoms with Crippen LogP contribution in [0.1, 0.15) is 18.4 Å². The molecule has 1 aromatic carbocycles. The van der Waals surface area contributed by atoms with Crippen molar-refractivity contribution in [3.8, 4) is 0 Å². The van der Waals surface area contributed by atoms with Gasteiger partial charge in [-0.1, -0.05) is 17.7 Å². The maximum Gasteiger partial charge on any atom is 0.305 e. The zero-order valence-electron chi connectivity index (χ0n) is 12.3. The van der Waals surface area contributed by atoms with E-state index in [1.807, 2.05) is 29.8 Å². The molecule has 0 aliphatic carbocycles. The number of carbonyl (C=O) groups is 1. The molecule has 2 rings (SSSR count). The van der Waals surface area contributed by atoms with E-state index in [0.717, 1.165) is 25.2 Å². The summed E-state index contributed by atoms with van der Waals surface area (Å²) in [7, 11) is 0. The van der Waals surface area contributed by atoms with Crippen molar-refractivity contribution in [3.05, 3.63) is 48.5 Å². The number of nitrogens with zero attached hydrogens (tertiary/aromatic N) is 3. The number of hydrogen-bond acceptors (Lipinski definition) is 3. The fourth-order valence-corrected chi connectivity index (χ4v) is 2.22. The molecule has 5 heteroatoms. The zero-order valence-corrected chi connectivity index (χ0v) is 12.3. The second-order valence-corrected chi connectivity index (χ2v) is 5.12. The molecule has 0 fully saturated rings. The van der Waals surface area contributed by atoms with Gasteiger partial charge in [0.2, 0.25) is 0 Å². The molecule has 0 amide bonds. The van der Waals surface area contributed by atoms with Gasteiger partial charge in [-0.05, 0) is 25.5 Å². The first-order chi connectivity index (χ1) is 10.1. The SMILES string of the molecule is Cc1ccc(N(CCCn2ccnc2)CCC(=O)O)cc1. The lowest BCUT2D eigenvalue weighted by Gasteiger charge is -2.24. The third kappa shape index (κ3) is 4.95. The smallest absolute Gasteiger partial charge is 0.305 e. The van der Waals surface area contributed by atoms with Gasteiger partial charge < -0.3 is 14.6 Å². The van der Waals surface area contributed by atoms with E-state index in [9.17, 15) is 4.79 Å². The lowest BCUT2D eigenvalue weighted by molar-refractivity contribution is -0.136. The molecule has 0 spiro atoms. The lowest BCUT2D eigenvalue weighted by Crippen LogP contribution is -2.28. The van der Waals surface area contributed by atoms with Crippen LogP contribution >= 0.6 is 0 Å². The largest absolute Gasteiger partial charge is 0.481 e. The maximum absolute atomic E-state index is 10.8. The van der Waals surface area contributed by atoms with Crippen LogP contribution in [0.4, 0.5) is 5.69 Å². The Hall–Kier alpha value is -2.30. The average molecular weight is 287 g/mol. The number of anilines is 1. The van der Waals surface area contributed by atoms with Crippen LogP contribution in [-0.2, 0) is 11.3 Å². The van der Waals surface area contributed by atoms with Crippen LogP contribution in [0.15, 0.2) is 43.0 Å². The van der Waals surface area contributed by atoms with E-state index in [-0.39, 0.29) is 6.42 Å². The number of rotatable bonds is 8. The van der Waals surface area contributed by atoms with Crippen LogP contribution in [0.2, 0.25) is 0 Å². The molecule has 2 aromatic rings. The van der Waals surface area contributed by atoms with Gasteiger partial charge in [-0.25, -0.2) is 4.98 Å². The number of aryl methyl sites for hydroxylation is 2. The summed E-state index contributed by atoms with van der Waals surface area (Å²) in [5, 5.41) is 8.89. The zero-order chi connectivity index (χ0) is 15.1. The number of carboxylic acids is 1.